The summed E-state index contributed by atoms with van der Waals surface area (Å²) in [5.41, 5.74) is 10.1. The van der Waals surface area contributed by atoms with Gasteiger partial charge in [-0.2, -0.15) is 0 Å². The molecule has 0 aromatic carbocycles. The molecule has 0 aromatic heterocycles. The molecule has 0 saturated carbocycles. The van der Waals surface area contributed by atoms with E-state index in [2.05, 4.69) is 113 Å². The summed E-state index contributed by atoms with van der Waals surface area (Å²) in [6.45, 7) is 35.8. The Kier molecular flexibility index (Phi) is 30.1. The predicted octanol–water partition coefficient (Wildman–Crippen LogP) is 15.8. The second kappa shape index (κ2) is 33.8. The van der Waals surface area contributed by atoms with Gasteiger partial charge >= 0.3 is 11.9 Å². The number of nitrogens with two attached hydrogens (primary N) is 1. The summed E-state index contributed by atoms with van der Waals surface area (Å²) in [6, 6.07) is -0.0512. The lowest BCUT2D eigenvalue weighted by molar-refractivity contribution is -0.208. The van der Waals surface area contributed by atoms with Crippen molar-refractivity contribution in [2.24, 2.45) is 16.6 Å². The van der Waals surface area contributed by atoms with Gasteiger partial charge in [0.05, 0.1) is 43.2 Å². The number of carbonyl (C=O) groups excluding carboxylic acids is 2. The molecule has 3 aliphatic rings. The van der Waals surface area contributed by atoms with E-state index in [-0.39, 0.29) is 53.5 Å². The normalized spacial score (nSPS) is 19.5. The van der Waals surface area contributed by atoms with Crippen molar-refractivity contribution in [3.05, 3.63) is 36.1 Å². The van der Waals surface area contributed by atoms with Gasteiger partial charge in [-0.05, 0) is 119 Å². The number of nitrogens with zero attached hydrogens (tertiary/aromatic N) is 2. The lowest BCUT2D eigenvalue weighted by atomic mass is 9.92. The van der Waals surface area contributed by atoms with E-state index >= 15 is 0 Å². The Balaban J connectivity index is 1.62. The molecule has 3 rings (SSSR count). The number of ether oxygens (including phenoxy) is 4. The van der Waals surface area contributed by atoms with Crippen LogP contribution in [0.2, 0.25) is 34.8 Å². The van der Waals surface area contributed by atoms with Gasteiger partial charge in [-0.1, -0.05) is 165 Å². The summed E-state index contributed by atoms with van der Waals surface area (Å²) < 4.78 is 37.8. The zero-order valence-electron chi connectivity index (χ0n) is 49.2. The quantitative estimate of drug-likeness (QED) is 0.0276. The van der Waals surface area contributed by atoms with Crippen LogP contribution in [0.3, 0.4) is 0 Å². The van der Waals surface area contributed by atoms with Crippen LogP contribution in [0.1, 0.15) is 230 Å². The topological polar surface area (TPSA) is 131 Å². The monoisotopic (exact) mass is 1060 g/mol. The number of guanidine groups is 1. The van der Waals surface area contributed by atoms with Gasteiger partial charge in [-0.15, -0.1) is 0 Å². The van der Waals surface area contributed by atoms with Crippen LogP contribution in [0.25, 0.3) is 0 Å². The van der Waals surface area contributed by atoms with Crippen LogP contribution in [0.5, 0.6) is 0 Å². The van der Waals surface area contributed by atoms with Crippen LogP contribution in [-0.2, 0) is 37.4 Å². The van der Waals surface area contributed by atoms with Gasteiger partial charge in [-0.3, -0.25) is 4.79 Å². The molecule has 13 heteroatoms. The zero-order chi connectivity index (χ0) is 54.0. The molecule has 3 aliphatic heterocycles. The second-order valence-corrected chi connectivity index (χ2v) is 34.5. The number of carbonyl (C=O) groups is 2. The number of rotatable bonds is 38. The number of allylic oxidation sites excluding steroid dienone is 2. The van der Waals surface area contributed by atoms with Crippen LogP contribution >= 0.6 is 0 Å². The Bertz CT molecular complexity index is 1660. The molecule has 73 heavy (non-hydrogen) atoms. The third-order valence-corrected chi connectivity index (χ3v) is 27.4. The molecule has 0 bridgehead atoms. The van der Waals surface area contributed by atoms with E-state index in [4.69, 9.17) is 38.5 Å². The fourth-order valence-corrected chi connectivity index (χ4v) is 18.8. The molecule has 1 unspecified atom stereocenters. The van der Waals surface area contributed by atoms with Crippen LogP contribution in [0.4, 0.5) is 0 Å². The van der Waals surface area contributed by atoms with Crippen LogP contribution in [-0.4, -0.2) is 96.4 Å². The van der Waals surface area contributed by atoms with Crippen LogP contribution < -0.4 is 5.73 Å². The molecule has 422 valence electrons. The van der Waals surface area contributed by atoms with E-state index in [9.17, 15) is 9.59 Å². The van der Waals surface area contributed by atoms with Gasteiger partial charge < -0.3 is 38.4 Å². The van der Waals surface area contributed by atoms with E-state index in [1.807, 2.05) is 0 Å². The molecule has 2 N–H and O–H groups in total. The fraction of sp³-hybridized carbons (Fsp3) is 0.850. The summed E-state index contributed by atoms with van der Waals surface area (Å²) in [5.74, 6) is 0.328. The molecule has 2 fully saturated rings. The molecular weight excluding hydrogens is 947 g/mol. The van der Waals surface area contributed by atoms with Crippen LogP contribution in [0, 0.1) is 5.92 Å². The average Bonchev–Trinajstić information content (AvgIpc) is 3.75. The van der Waals surface area contributed by atoms with Crippen LogP contribution in [0.15, 0.2) is 41.1 Å². The highest BCUT2D eigenvalue weighted by molar-refractivity contribution is 6.77. The van der Waals surface area contributed by atoms with Crippen molar-refractivity contribution >= 4 is 34.5 Å². The smallest absolute Gasteiger partial charge is 0.337 e. The fourth-order valence-electron chi connectivity index (χ4n) is 11.7. The minimum atomic E-state index is -2.01. The maximum absolute atomic E-state index is 14.4. The summed E-state index contributed by atoms with van der Waals surface area (Å²) in [6.07, 6.45) is 30.5. The van der Waals surface area contributed by atoms with Gasteiger partial charge in [0.2, 0.25) is 8.32 Å². The van der Waals surface area contributed by atoms with E-state index in [0.717, 1.165) is 95.6 Å². The lowest BCUT2D eigenvalue weighted by Crippen LogP contribution is -2.51. The summed E-state index contributed by atoms with van der Waals surface area (Å²) >= 11 is 0. The van der Waals surface area contributed by atoms with E-state index in [1.165, 1.54) is 51.4 Å². The maximum Gasteiger partial charge on any atom is 0.337 e. The van der Waals surface area contributed by atoms with E-state index < -0.39 is 16.6 Å². The van der Waals surface area contributed by atoms with Gasteiger partial charge in [0.1, 0.15) is 6.61 Å². The first-order chi connectivity index (χ1) is 34.7. The number of unbranched alkanes of at least 4 members (excludes halogenated alkanes) is 12. The third-order valence-electron chi connectivity index (χ3n) is 16.7. The Labute approximate surface area is 449 Å². The number of hydrogen-bond acceptors (Lipinski definition) is 11. The Morgan fingerprint density at radius 1 is 0.808 bits per heavy atom. The highest BCUT2D eigenvalue weighted by Gasteiger charge is 2.47. The summed E-state index contributed by atoms with van der Waals surface area (Å²) in [7, 11) is -3.93. The first-order valence-electron chi connectivity index (χ1n) is 29.7. The van der Waals surface area contributed by atoms with Gasteiger partial charge in [-0.25, -0.2) is 9.79 Å². The maximum atomic E-state index is 14.4. The molecule has 0 radical (unpaired) electrons. The summed E-state index contributed by atoms with van der Waals surface area (Å²) in [5, 5.41) is 0.139. The lowest BCUT2D eigenvalue weighted by Gasteiger charge is -2.44. The molecule has 0 amide bonds. The van der Waals surface area contributed by atoms with Crippen molar-refractivity contribution < 1.29 is 37.4 Å². The van der Waals surface area contributed by atoms with Crippen molar-refractivity contribution in [1.29, 1.82) is 0 Å². The van der Waals surface area contributed by atoms with Gasteiger partial charge in [0, 0.05) is 24.5 Å². The molecule has 11 nitrogen and oxygen atoms in total. The van der Waals surface area contributed by atoms with Gasteiger partial charge in [0.15, 0.2) is 20.6 Å². The molecule has 0 aromatic rings. The van der Waals surface area contributed by atoms with Crippen molar-refractivity contribution in [3.63, 3.8) is 0 Å². The number of fused-ring (bicyclic) bond motifs is 1. The Morgan fingerprint density at radius 2 is 1.38 bits per heavy atom. The van der Waals surface area contributed by atoms with Crippen molar-refractivity contribution in [2.45, 2.75) is 296 Å². The Hall–Kier alpha value is -2.30. The number of esters is 2. The first kappa shape index (κ1) is 65.0. The largest absolute Gasteiger partial charge is 0.462 e. The molecule has 2 saturated heterocycles. The highest BCUT2D eigenvalue weighted by Crippen LogP contribution is 2.44. The standard InChI is InChI=1S/C60H111N3O8Si2/c1-15-41-66-55(64)38-28-26-24-22-20-18-17-19-21-23-25-27-31-42-67-57(65)56-53(37-32-34-49(9)70-72(13,14)60(10,11)12)62-59(61)63-51(39-40-54(56)63)45-50(58-68-43-33-44-69-58)35-29-30-36-52(16-2)71-73(46(3)4,47(5)6)48(7)8/h15,30,36,46-52,54,58H,1,16-29,31-35,37-45H2,2-14H3,(H2,61,62)/t49-,50?,51-,52-,54-/m0/s1. The van der Waals surface area contributed by atoms with E-state index in [1.54, 1.807) is 6.08 Å². The van der Waals surface area contributed by atoms with E-state index in [0.29, 0.717) is 67.4 Å². The first-order valence-corrected chi connectivity index (χ1v) is 34.8. The SMILES string of the molecule is C=CCOC(=O)CCCCCCCCCCCCCCCOC(=O)C1=C(CCC[C@H](C)O[Si](C)(C)C(C)(C)C)N=C(N)N2[C@H](CC(CCC=C[C@H](CC)O[Si](C(C)C)(C(C)C)C(C)C)C3OCCCO3)CC[C@@H]12. The summed E-state index contributed by atoms with van der Waals surface area (Å²) in [4.78, 5) is 33.3. The second-order valence-electron chi connectivity index (χ2n) is 24.4. The van der Waals surface area contributed by atoms with Crippen molar-refractivity contribution in [1.82, 2.24) is 4.90 Å². The zero-order valence-corrected chi connectivity index (χ0v) is 51.2. The minimum absolute atomic E-state index is 0.108. The average molecular weight is 1060 g/mol. The minimum Gasteiger partial charge on any atom is -0.462 e. The van der Waals surface area contributed by atoms with Crippen molar-refractivity contribution in [3.8, 4) is 0 Å². The molecule has 0 spiro atoms. The molecule has 3 heterocycles. The third kappa shape index (κ3) is 21.6. The Morgan fingerprint density at radius 3 is 1.93 bits per heavy atom. The number of hydrogen-bond donors (Lipinski definition) is 1. The van der Waals surface area contributed by atoms with Crippen molar-refractivity contribution in [2.75, 3.05) is 26.4 Å². The molecule has 5 atom stereocenters. The highest BCUT2D eigenvalue weighted by atomic mass is 28.4. The molecular formula is C60H111N3O8Si2. The number of aliphatic imine (C=N–C) groups is 1. The predicted molar refractivity (Wildman–Crippen MR) is 309 cm³/mol. The van der Waals surface area contributed by atoms with Gasteiger partial charge in [0.25, 0.3) is 0 Å². The molecule has 0 aliphatic carbocycles.